The molecule has 0 aliphatic heterocycles. The van der Waals surface area contributed by atoms with Gasteiger partial charge in [-0.25, -0.2) is 0 Å². The lowest BCUT2D eigenvalue weighted by Crippen LogP contribution is -2.49. The van der Waals surface area contributed by atoms with Crippen LogP contribution in [0.1, 0.15) is 40.0 Å². The number of hydrogen-bond donors (Lipinski definition) is 3. The molecule has 0 saturated heterocycles. The van der Waals surface area contributed by atoms with Gasteiger partial charge in [-0.3, -0.25) is 9.59 Å². The second-order valence-electron chi connectivity index (χ2n) is 5.43. The van der Waals surface area contributed by atoms with Crippen LogP contribution in [-0.2, 0) is 9.59 Å². The van der Waals surface area contributed by atoms with E-state index in [0.717, 1.165) is 19.3 Å². The Balaban J connectivity index is 2.46. The fourth-order valence-electron chi connectivity index (χ4n) is 2.46. The molecule has 3 atom stereocenters. The Morgan fingerprint density at radius 1 is 1.22 bits per heavy atom. The van der Waals surface area contributed by atoms with Gasteiger partial charge >= 0.3 is 0 Å². The van der Waals surface area contributed by atoms with Crippen LogP contribution in [0.3, 0.4) is 0 Å². The van der Waals surface area contributed by atoms with Crippen molar-refractivity contribution in [3.63, 3.8) is 0 Å². The average Bonchev–Trinajstić information content (AvgIpc) is 2.75. The molecule has 1 aliphatic carbocycles. The molecule has 1 rings (SSSR count). The first-order valence-corrected chi connectivity index (χ1v) is 6.76. The minimum absolute atomic E-state index is 0.0238. The molecule has 0 spiro atoms. The lowest BCUT2D eigenvalue weighted by Gasteiger charge is -2.21. The third-order valence-corrected chi connectivity index (χ3v) is 3.48. The van der Waals surface area contributed by atoms with Crippen molar-refractivity contribution < 1.29 is 9.59 Å². The van der Waals surface area contributed by atoms with Gasteiger partial charge in [-0.1, -0.05) is 6.42 Å². The molecular weight excluding hydrogens is 230 g/mol. The zero-order valence-electron chi connectivity index (χ0n) is 11.5. The quantitative estimate of drug-likeness (QED) is 0.664. The number of carbonyl (C=O) groups excluding carboxylic acids is 2. The monoisotopic (exact) mass is 255 g/mol. The maximum absolute atomic E-state index is 12.1. The second-order valence-corrected chi connectivity index (χ2v) is 5.43. The van der Waals surface area contributed by atoms with Gasteiger partial charge in [0.25, 0.3) is 0 Å². The summed E-state index contributed by atoms with van der Waals surface area (Å²) in [6.07, 6.45) is 2.94. The highest BCUT2D eigenvalue weighted by atomic mass is 16.2. The van der Waals surface area contributed by atoms with E-state index in [-0.39, 0.29) is 29.7 Å². The summed E-state index contributed by atoms with van der Waals surface area (Å²) in [5.41, 5.74) is 5.66. The predicted octanol–water partition coefficient (Wildman–Crippen LogP) is 0.391. The first kappa shape index (κ1) is 15.0. The number of nitrogens with one attached hydrogen (secondary N) is 2. The molecule has 0 radical (unpaired) electrons. The van der Waals surface area contributed by atoms with Crippen molar-refractivity contribution in [2.24, 2.45) is 17.6 Å². The summed E-state index contributed by atoms with van der Waals surface area (Å²) in [5.74, 6) is 0.0738. The summed E-state index contributed by atoms with van der Waals surface area (Å²) >= 11 is 0. The van der Waals surface area contributed by atoms with E-state index in [0.29, 0.717) is 6.54 Å². The second kappa shape index (κ2) is 6.73. The van der Waals surface area contributed by atoms with E-state index in [1.165, 1.54) is 0 Å². The van der Waals surface area contributed by atoms with Crippen LogP contribution in [0.15, 0.2) is 0 Å². The minimum Gasteiger partial charge on any atom is -0.352 e. The highest BCUT2D eigenvalue weighted by molar-refractivity contribution is 5.88. The zero-order valence-corrected chi connectivity index (χ0v) is 11.5. The molecule has 0 aromatic rings. The first-order chi connectivity index (χ1) is 8.45. The maximum atomic E-state index is 12.1. The molecule has 5 nitrogen and oxygen atoms in total. The van der Waals surface area contributed by atoms with Crippen molar-refractivity contribution in [2.75, 3.05) is 6.54 Å². The van der Waals surface area contributed by atoms with E-state index < -0.39 is 6.04 Å². The standard InChI is InChI=1S/C13H25N3O2/c1-8(2)15-12(17)9(3)16-13(18)11-6-4-5-10(11)7-14/h8-11H,4-7,14H2,1-3H3,(H,15,17)(H,16,18). The fourth-order valence-corrected chi connectivity index (χ4v) is 2.46. The fraction of sp³-hybridized carbons (Fsp3) is 0.846. The van der Waals surface area contributed by atoms with Crippen molar-refractivity contribution in [3.8, 4) is 0 Å². The van der Waals surface area contributed by atoms with E-state index in [4.69, 9.17) is 5.73 Å². The van der Waals surface area contributed by atoms with Crippen LogP contribution in [0.2, 0.25) is 0 Å². The van der Waals surface area contributed by atoms with Crippen molar-refractivity contribution in [3.05, 3.63) is 0 Å². The van der Waals surface area contributed by atoms with Crippen LogP contribution in [0, 0.1) is 11.8 Å². The highest BCUT2D eigenvalue weighted by Crippen LogP contribution is 2.30. The van der Waals surface area contributed by atoms with Crippen molar-refractivity contribution in [1.82, 2.24) is 10.6 Å². The Kier molecular flexibility index (Phi) is 5.59. The molecule has 1 saturated carbocycles. The van der Waals surface area contributed by atoms with Crippen molar-refractivity contribution in [2.45, 2.75) is 52.1 Å². The topological polar surface area (TPSA) is 84.2 Å². The van der Waals surface area contributed by atoms with Gasteiger partial charge in [0.2, 0.25) is 11.8 Å². The molecule has 1 aliphatic rings. The summed E-state index contributed by atoms with van der Waals surface area (Å²) in [5, 5.41) is 5.57. The van der Waals surface area contributed by atoms with E-state index in [2.05, 4.69) is 10.6 Å². The Morgan fingerprint density at radius 2 is 1.89 bits per heavy atom. The molecular formula is C13H25N3O2. The van der Waals surface area contributed by atoms with Crippen LogP contribution in [0.5, 0.6) is 0 Å². The van der Waals surface area contributed by atoms with Gasteiger partial charge in [0.1, 0.15) is 6.04 Å². The highest BCUT2D eigenvalue weighted by Gasteiger charge is 2.33. The molecule has 0 heterocycles. The zero-order chi connectivity index (χ0) is 13.7. The van der Waals surface area contributed by atoms with Crippen LogP contribution in [-0.4, -0.2) is 30.4 Å². The van der Waals surface area contributed by atoms with Gasteiger partial charge < -0.3 is 16.4 Å². The van der Waals surface area contributed by atoms with E-state index >= 15 is 0 Å². The van der Waals surface area contributed by atoms with Crippen molar-refractivity contribution >= 4 is 11.8 Å². The van der Waals surface area contributed by atoms with Crippen LogP contribution >= 0.6 is 0 Å². The Bertz CT molecular complexity index is 305. The molecule has 104 valence electrons. The SMILES string of the molecule is CC(C)NC(=O)C(C)NC(=O)C1CCCC1CN. The summed E-state index contributed by atoms with van der Waals surface area (Å²) in [6.45, 7) is 6.05. The van der Waals surface area contributed by atoms with Crippen LogP contribution in [0.25, 0.3) is 0 Å². The van der Waals surface area contributed by atoms with Gasteiger partial charge in [0.15, 0.2) is 0 Å². The van der Waals surface area contributed by atoms with E-state index in [1.54, 1.807) is 6.92 Å². The van der Waals surface area contributed by atoms with Gasteiger partial charge in [0, 0.05) is 12.0 Å². The van der Waals surface area contributed by atoms with Gasteiger partial charge in [0.05, 0.1) is 0 Å². The van der Waals surface area contributed by atoms with Crippen molar-refractivity contribution in [1.29, 1.82) is 0 Å². The van der Waals surface area contributed by atoms with Gasteiger partial charge in [-0.2, -0.15) is 0 Å². The molecule has 4 N–H and O–H groups in total. The molecule has 2 amide bonds. The predicted molar refractivity (Wildman–Crippen MR) is 70.8 cm³/mol. The molecule has 5 heteroatoms. The van der Waals surface area contributed by atoms with Gasteiger partial charge in [-0.05, 0) is 46.1 Å². The molecule has 18 heavy (non-hydrogen) atoms. The first-order valence-electron chi connectivity index (χ1n) is 6.76. The van der Waals surface area contributed by atoms with Gasteiger partial charge in [-0.15, -0.1) is 0 Å². The summed E-state index contributed by atoms with van der Waals surface area (Å²) in [7, 11) is 0. The lowest BCUT2D eigenvalue weighted by molar-refractivity contribution is -0.131. The lowest BCUT2D eigenvalue weighted by atomic mass is 9.95. The normalized spacial score (nSPS) is 24.9. The summed E-state index contributed by atoms with van der Waals surface area (Å²) < 4.78 is 0. The molecule has 1 fully saturated rings. The number of nitrogens with two attached hydrogens (primary N) is 1. The number of hydrogen-bond acceptors (Lipinski definition) is 3. The average molecular weight is 255 g/mol. The molecule has 3 unspecified atom stereocenters. The molecule has 0 aromatic carbocycles. The summed E-state index contributed by atoms with van der Waals surface area (Å²) in [6, 6.07) is -0.404. The summed E-state index contributed by atoms with van der Waals surface area (Å²) in [4.78, 5) is 23.8. The largest absolute Gasteiger partial charge is 0.352 e. The number of rotatable bonds is 5. The van der Waals surface area contributed by atoms with Crippen LogP contribution < -0.4 is 16.4 Å². The number of carbonyl (C=O) groups is 2. The van der Waals surface area contributed by atoms with E-state index in [9.17, 15) is 9.59 Å². The smallest absolute Gasteiger partial charge is 0.242 e. The third kappa shape index (κ3) is 3.98. The Hall–Kier alpha value is -1.10. The number of amides is 2. The molecule has 0 bridgehead atoms. The Labute approximate surface area is 109 Å². The third-order valence-electron chi connectivity index (χ3n) is 3.48. The van der Waals surface area contributed by atoms with E-state index in [1.807, 2.05) is 13.8 Å². The Morgan fingerprint density at radius 3 is 2.44 bits per heavy atom. The van der Waals surface area contributed by atoms with Crippen LogP contribution in [0.4, 0.5) is 0 Å². The minimum atomic E-state index is -0.487. The molecule has 0 aromatic heterocycles. The maximum Gasteiger partial charge on any atom is 0.242 e.